The van der Waals surface area contributed by atoms with Crippen molar-refractivity contribution in [2.45, 2.75) is 32.4 Å². The van der Waals surface area contributed by atoms with E-state index >= 15 is 0 Å². The van der Waals surface area contributed by atoms with Gasteiger partial charge in [0, 0.05) is 5.02 Å². The third-order valence-electron chi connectivity index (χ3n) is 4.40. The summed E-state index contributed by atoms with van der Waals surface area (Å²) in [5, 5.41) is 6.67. The van der Waals surface area contributed by atoms with Gasteiger partial charge in [-0.1, -0.05) is 36.7 Å². The molecule has 2 unspecified atom stereocenters. The number of hydrogen-bond acceptors (Lipinski definition) is 3. The molecular weight excluding hydrogens is 352 g/mol. The molecule has 1 aliphatic heterocycles. The molecule has 0 radical (unpaired) electrons. The van der Waals surface area contributed by atoms with E-state index in [0.717, 1.165) is 29.0 Å². The number of carbonyl (C=O) groups is 1. The van der Waals surface area contributed by atoms with Crippen molar-refractivity contribution in [3.05, 3.63) is 58.6 Å². The van der Waals surface area contributed by atoms with Crippen LogP contribution >= 0.6 is 11.6 Å². The number of ether oxygens (including phenoxy) is 2. The van der Waals surface area contributed by atoms with Crippen molar-refractivity contribution in [1.29, 1.82) is 0 Å². The molecule has 1 heterocycles. The molecule has 2 atom stereocenters. The Bertz CT molecular complexity index is 764. The molecule has 1 aliphatic rings. The van der Waals surface area contributed by atoms with E-state index in [2.05, 4.69) is 10.6 Å². The standard InChI is InChI=1S/C20H23ClN2O3/c1-3-17(14-4-7-16(21)8-5-14)23-20(24)22-13(2)15-6-9-18-19(12-15)26-11-10-25-18/h4-9,12-13,17H,3,10-11H2,1-2H3,(H2,22,23,24). The maximum atomic E-state index is 12.4. The minimum absolute atomic E-state index is 0.0697. The highest BCUT2D eigenvalue weighted by Crippen LogP contribution is 2.32. The van der Waals surface area contributed by atoms with Crippen molar-refractivity contribution in [3.63, 3.8) is 0 Å². The van der Waals surface area contributed by atoms with Gasteiger partial charge in [-0.25, -0.2) is 4.79 Å². The Morgan fingerprint density at radius 3 is 2.38 bits per heavy atom. The minimum Gasteiger partial charge on any atom is -0.486 e. The van der Waals surface area contributed by atoms with Gasteiger partial charge in [-0.05, 0) is 48.7 Å². The zero-order valence-corrected chi connectivity index (χ0v) is 15.7. The van der Waals surface area contributed by atoms with Crippen LogP contribution in [0.1, 0.15) is 43.5 Å². The first kappa shape index (κ1) is 18.4. The Balaban J connectivity index is 1.62. The van der Waals surface area contributed by atoms with E-state index in [4.69, 9.17) is 21.1 Å². The van der Waals surface area contributed by atoms with Crippen molar-refractivity contribution >= 4 is 17.6 Å². The van der Waals surface area contributed by atoms with Gasteiger partial charge in [0.25, 0.3) is 0 Å². The lowest BCUT2D eigenvalue weighted by Gasteiger charge is -2.22. The van der Waals surface area contributed by atoms with Crippen LogP contribution in [-0.2, 0) is 0 Å². The van der Waals surface area contributed by atoms with E-state index in [1.165, 1.54) is 0 Å². The monoisotopic (exact) mass is 374 g/mol. The number of nitrogens with one attached hydrogen (secondary N) is 2. The summed E-state index contributed by atoms with van der Waals surface area (Å²) in [6.45, 7) is 5.07. The lowest BCUT2D eigenvalue weighted by molar-refractivity contribution is 0.171. The molecule has 0 aromatic heterocycles. The summed E-state index contributed by atoms with van der Waals surface area (Å²) < 4.78 is 11.1. The van der Waals surface area contributed by atoms with Crippen LogP contribution in [0.25, 0.3) is 0 Å². The van der Waals surface area contributed by atoms with Crippen LogP contribution in [0.5, 0.6) is 11.5 Å². The fraction of sp³-hybridized carbons (Fsp3) is 0.350. The highest BCUT2D eigenvalue weighted by molar-refractivity contribution is 6.30. The van der Waals surface area contributed by atoms with E-state index in [9.17, 15) is 4.79 Å². The second kappa shape index (κ2) is 8.32. The van der Waals surface area contributed by atoms with Crippen LogP contribution in [0, 0.1) is 0 Å². The summed E-state index contributed by atoms with van der Waals surface area (Å²) in [5.74, 6) is 1.46. The number of hydrogen-bond donors (Lipinski definition) is 2. The van der Waals surface area contributed by atoms with Crippen molar-refractivity contribution in [1.82, 2.24) is 10.6 Å². The summed E-state index contributed by atoms with van der Waals surface area (Å²) in [6, 6.07) is 12.8. The first-order valence-electron chi connectivity index (χ1n) is 8.79. The van der Waals surface area contributed by atoms with Gasteiger partial charge in [-0.3, -0.25) is 0 Å². The van der Waals surface area contributed by atoms with Gasteiger partial charge in [-0.15, -0.1) is 0 Å². The maximum absolute atomic E-state index is 12.4. The zero-order chi connectivity index (χ0) is 18.5. The van der Waals surface area contributed by atoms with E-state index < -0.39 is 0 Å². The van der Waals surface area contributed by atoms with Crippen LogP contribution in [0.2, 0.25) is 5.02 Å². The van der Waals surface area contributed by atoms with Gasteiger partial charge in [0.05, 0.1) is 12.1 Å². The van der Waals surface area contributed by atoms with Crippen molar-refractivity contribution in [2.24, 2.45) is 0 Å². The number of halogens is 1. The molecule has 5 nitrogen and oxygen atoms in total. The number of fused-ring (bicyclic) bond motifs is 1. The Kier molecular flexibility index (Phi) is 5.89. The van der Waals surface area contributed by atoms with Crippen molar-refractivity contribution < 1.29 is 14.3 Å². The summed E-state index contributed by atoms with van der Waals surface area (Å²) in [7, 11) is 0. The number of carbonyl (C=O) groups excluding carboxylic acids is 1. The van der Waals surface area contributed by atoms with Crippen LogP contribution in [0.4, 0.5) is 4.79 Å². The quantitative estimate of drug-likeness (QED) is 0.802. The average molecular weight is 375 g/mol. The number of benzene rings is 2. The average Bonchev–Trinajstić information content (AvgIpc) is 2.66. The lowest BCUT2D eigenvalue weighted by atomic mass is 10.0. The Morgan fingerprint density at radius 1 is 1.04 bits per heavy atom. The van der Waals surface area contributed by atoms with E-state index in [-0.39, 0.29) is 18.1 Å². The molecular formula is C20H23ClN2O3. The maximum Gasteiger partial charge on any atom is 0.315 e. The van der Waals surface area contributed by atoms with Crippen LogP contribution in [0.3, 0.4) is 0 Å². The van der Waals surface area contributed by atoms with Gasteiger partial charge in [0.2, 0.25) is 0 Å². The molecule has 0 fully saturated rings. The molecule has 2 aromatic rings. The molecule has 0 saturated carbocycles. The molecule has 2 N–H and O–H groups in total. The second-order valence-corrected chi connectivity index (χ2v) is 6.69. The lowest BCUT2D eigenvalue weighted by Crippen LogP contribution is -2.39. The van der Waals surface area contributed by atoms with Gasteiger partial charge in [0.1, 0.15) is 13.2 Å². The highest BCUT2D eigenvalue weighted by Gasteiger charge is 2.17. The normalized spacial score (nSPS) is 15.0. The number of amides is 2. The SMILES string of the molecule is CCC(NC(=O)NC(C)c1ccc2c(c1)OCCO2)c1ccc(Cl)cc1. The zero-order valence-electron chi connectivity index (χ0n) is 14.9. The van der Waals surface area contributed by atoms with Crippen LogP contribution < -0.4 is 20.1 Å². The smallest absolute Gasteiger partial charge is 0.315 e. The summed E-state index contributed by atoms with van der Waals surface area (Å²) in [5.41, 5.74) is 1.99. The number of rotatable bonds is 5. The third kappa shape index (κ3) is 4.41. The van der Waals surface area contributed by atoms with Gasteiger partial charge in [0.15, 0.2) is 11.5 Å². The predicted molar refractivity (Wildman–Crippen MR) is 102 cm³/mol. The second-order valence-electron chi connectivity index (χ2n) is 6.25. The first-order chi connectivity index (χ1) is 12.6. The Morgan fingerprint density at radius 2 is 1.69 bits per heavy atom. The summed E-state index contributed by atoms with van der Waals surface area (Å²) >= 11 is 5.93. The molecule has 2 amide bonds. The largest absolute Gasteiger partial charge is 0.486 e. The Labute approximate surface area is 158 Å². The predicted octanol–water partition coefficient (Wildman–Crippen LogP) is 4.62. The topological polar surface area (TPSA) is 59.6 Å². The molecule has 3 rings (SSSR count). The molecule has 138 valence electrons. The molecule has 2 aromatic carbocycles. The molecule has 0 saturated heterocycles. The van der Waals surface area contributed by atoms with E-state index in [1.54, 1.807) is 0 Å². The van der Waals surface area contributed by atoms with Gasteiger partial charge in [-0.2, -0.15) is 0 Å². The van der Waals surface area contributed by atoms with Crippen LogP contribution in [-0.4, -0.2) is 19.2 Å². The molecule has 0 bridgehead atoms. The minimum atomic E-state index is -0.214. The van der Waals surface area contributed by atoms with Crippen molar-refractivity contribution in [2.75, 3.05) is 13.2 Å². The molecule has 0 spiro atoms. The molecule has 6 heteroatoms. The summed E-state index contributed by atoms with van der Waals surface area (Å²) in [4.78, 5) is 12.4. The third-order valence-corrected chi connectivity index (χ3v) is 4.65. The molecule has 0 aliphatic carbocycles. The Hall–Kier alpha value is -2.40. The fourth-order valence-electron chi connectivity index (χ4n) is 2.93. The first-order valence-corrected chi connectivity index (χ1v) is 9.16. The molecule has 26 heavy (non-hydrogen) atoms. The van der Waals surface area contributed by atoms with Gasteiger partial charge < -0.3 is 20.1 Å². The fourth-order valence-corrected chi connectivity index (χ4v) is 3.05. The van der Waals surface area contributed by atoms with E-state index in [1.807, 2.05) is 56.3 Å². The summed E-state index contributed by atoms with van der Waals surface area (Å²) in [6.07, 6.45) is 0.785. The van der Waals surface area contributed by atoms with Crippen molar-refractivity contribution in [3.8, 4) is 11.5 Å². The number of urea groups is 1. The highest BCUT2D eigenvalue weighted by atomic mass is 35.5. The van der Waals surface area contributed by atoms with E-state index in [0.29, 0.717) is 18.2 Å². The van der Waals surface area contributed by atoms with Crippen LogP contribution in [0.15, 0.2) is 42.5 Å². The van der Waals surface area contributed by atoms with Gasteiger partial charge >= 0.3 is 6.03 Å².